The van der Waals surface area contributed by atoms with Crippen molar-refractivity contribution < 1.29 is 9.90 Å². The van der Waals surface area contributed by atoms with Crippen LogP contribution in [0, 0.1) is 6.92 Å². The van der Waals surface area contributed by atoms with Gasteiger partial charge < -0.3 is 14.6 Å². The molecular formula is C20H22N4O2S. The van der Waals surface area contributed by atoms with Gasteiger partial charge >= 0.3 is 0 Å². The Labute approximate surface area is 162 Å². The van der Waals surface area contributed by atoms with E-state index in [9.17, 15) is 9.90 Å². The standard InChI is InChI=1S/C20H22N4O2S/c1-14-9-15(4-5-18(14)25)20(26)24-7-2-3-16(10-24)19-21-6-8-23(19)11-17-12-27-13-22-17/h4-6,8-9,12-13,16,25H,2-3,7,10-11H2,1H3. The lowest BCUT2D eigenvalue weighted by molar-refractivity contribution is 0.0703. The van der Waals surface area contributed by atoms with E-state index in [1.54, 1.807) is 36.5 Å². The Bertz CT molecular complexity index is 935. The Kier molecular flexibility index (Phi) is 4.94. The third-order valence-electron chi connectivity index (χ3n) is 5.08. The molecule has 1 amide bonds. The molecule has 1 atom stereocenters. The number of carbonyl (C=O) groups is 1. The molecule has 1 fully saturated rings. The summed E-state index contributed by atoms with van der Waals surface area (Å²) in [6.07, 6.45) is 5.79. The van der Waals surface area contributed by atoms with E-state index in [1.165, 1.54) is 0 Å². The van der Waals surface area contributed by atoms with E-state index in [1.807, 2.05) is 28.2 Å². The maximum Gasteiger partial charge on any atom is 0.253 e. The van der Waals surface area contributed by atoms with E-state index in [-0.39, 0.29) is 17.6 Å². The smallest absolute Gasteiger partial charge is 0.253 e. The van der Waals surface area contributed by atoms with Gasteiger partial charge in [0, 0.05) is 42.3 Å². The second-order valence-corrected chi connectivity index (χ2v) is 7.70. The summed E-state index contributed by atoms with van der Waals surface area (Å²) < 4.78 is 2.14. The lowest BCUT2D eigenvalue weighted by atomic mass is 9.96. The maximum atomic E-state index is 12.9. The number of likely N-dealkylation sites (tertiary alicyclic amines) is 1. The van der Waals surface area contributed by atoms with Crippen LogP contribution in [-0.2, 0) is 6.54 Å². The molecule has 3 aromatic rings. The minimum atomic E-state index is 0.0143. The van der Waals surface area contributed by atoms with E-state index in [0.717, 1.165) is 30.9 Å². The Morgan fingerprint density at radius 1 is 1.37 bits per heavy atom. The van der Waals surface area contributed by atoms with Crippen LogP contribution >= 0.6 is 11.3 Å². The van der Waals surface area contributed by atoms with Crippen LogP contribution < -0.4 is 0 Å². The van der Waals surface area contributed by atoms with Crippen molar-refractivity contribution in [2.75, 3.05) is 13.1 Å². The van der Waals surface area contributed by atoms with Gasteiger partial charge in [-0.3, -0.25) is 4.79 Å². The molecule has 1 aliphatic rings. The number of rotatable bonds is 4. The van der Waals surface area contributed by atoms with Crippen LogP contribution in [-0.4, -0.2) is 43.5 Å². The monoisotopic (exact) mass is 382 g/mol. The fourth-order valence-corrected chi connectivity index (χ4v) is 4.20. The second kappa shape index (κ2) is 7.52. The fourth-order valence-electron chi connectivity index (χ4n) is 3.65. The highest BCUT2D eigenvalue weighted by atomic mass is 32.1. The summed E-state index contributed by atoms with van der Waals surface area (Å²) in [5.41, 5.74) is 4.21. The molecule has 1 N–H and O–H groups in total. The summed E-state index contributed by atoms with van der Waals surface area (Å²) in [5.74, 6) is 1.46. The first kappa shape index (κ1) is 17.7. The number of phenols is 1. The van der Waals surface area contributed by atoms with Crippen LogP contribution in [0.15, 0.2) is 41.5 Å². The zero-order valence-corrected chi connectivity index (χ0v) is 16.0. The van der Waals surface area contributed by atoms with Gasteiger partial charge in [-0.25, -0.2) is 9.97 Å². The Morgan fingerprint density at radius 3 is 3.04 bits per heavy atom. The van der Waals surface area contributed by atoms with Crippen LogP contribution in [0.1, 0.15) is 46.2 Å². The van der Waals surface area contributed by atoms with Gasteiger partial charge in [-0.2, -0.15) is 0 Å². The number of aromatic hydroxyl groups is 1. The molecule has 4 rings (SSSR count). The number of hydrogen-bond acceptors (Lipinski definition) is 5. The number of carbonyl (C=O) groups excluding carboxylic acids is 1. The lowest BCUT2D eigenvalue weighted by Gasteiger charge is -2.33. The van der Waals surface area contributed by atoms with E-state index >= 15 is 0 Å². The molecule has 7 heteroatoms. The minimum Gasteiger partial charge on any atom is -0.508 e. The molecule has 0 bridgehead atoms. The van der Waals surface area contributed by atoms with Crippen LogP contribution in [0.25, 0.3) is 0 Å². The van der Waals surface area contributed by atoms with Gasteiger partial charge in [-0.15, -0.1) is 11.3 Å². The zero-order chi connectivity index (χ0) is 18.8. The van der Waals surface area contributed by atoms with Crippen molar-refractivity contribution in [3.05, 3.63) is 64.1 Å². The van der Waals surface area contributed by atoms with Crippen molar-refractivity contribution in [2.24, 2.45) is 0 Å². The second-order valence-electron chi connectivity index (χ2n) is 6.98. The molecule has 1 saturated heterocycles. The summed E-state index contributed by atoms with van der Waals surface area (Å²) in [4.78, 5) is 23.8. The van der Waals surface area contributed by atoms with Crippen LogP contribution in [0.4, 0.5) is 0 Å². The number of aryl methyl sites for hydroxylation is 1. The summed E-state index contributed by atoms with van der Waals surface area (Å²) >= 11 is 1.59. The molecule has 1 unspecified atom stereocenters. The number of nitrogens with zero attached hydrogens (tertiary/aromatic N) is 4. The van der Waals surface area contributed by atoms with Crippen molar-refractivity contribution in [1.29, 1.82) is 0 Å². The average Bonchev–Trinajstić information content (AvgIpc) is 3.36. The van der Waals surface area contributed by atoms with Gasteiger partial charge in [-0.1, -0.05) is 0 Å². The van der Waals surface area contributed by atoms with Gasteiger partial charge in [0.1, 0.15) is 11.6 Å². The Morgan fingerprint density at radius 2 is 2.26 bits per heavy atom. The van der Waals surface area contributed by atoms with Crippen LogP contribution in [0.5, 0.6) is 5.75 Å². The highest BCUT2D eigenvalue weighted by Crippen LogP contribution is 2.28. The zero-order valence-electron chi connectivity index (χ0n) is 15.2. The van der Waals surface area contributed by atoms with Crippen molar-refractivity contribution in [1.82, 2.24) is 19.4 Å². The molecule has 27 heavy (non-hydrogen) atoms. The van der Waals surface area contributed by atoms with E-state index in [0.29, 0.717) is 24.2 Å². The number of thiazole rings is 1. The predicted octanol–water partition coefficient (Wildman–Crippen LogP) is 3.42. The number of benzene rings is 1. The van der Waals surface area contributed by atoms with Gasteiger partial charge in [0.15, 0.2) is 0 Å². The molecule has 0 spiro atoms. The number of piperidine rings is 1. The molecule has 140 valence electrons. The van der Waals surface area contributed by atoms with Crippen molar-refractivity contribution in [3.63, 3.8) is 0 Å². The van der Waals surface area contributed by atoms with Gasteiger partial charge in [0.25, 0.3) is 5.91 Å². The third-order valence-corrected chi connectivity index (χ3v) is 5.72. The molecule has 0 saturated carbocycles. The SMILES string of the molecule is Cc1cc(C(=O)N2CCCC(c3nccn3Cc3cscn3)C2)ccc1O. The molecule has 1 aliphatic heterocycles. The highest BCUT2D eigenvalue weighted by molar-refractivity contribution is 7.07. The summed E-state index contributed by atoms with van der Waals surface area (Å²) in [7, 11) is 0. The minimum absolute atomic E-state index is 0.0143. The van der Waals surface area contributed by atoms with Crippen LogP contribution in [0.3, 0.4) is 0 Å². The Hall–Kier alpha value is -2.67. The normalized spacial score (nSPS) is 17.2. The number of imidazole rings is 1. The van der Waals surface area contributed by atoms with Crippen LogP contribution in [0.2, 0.25) is 0 Å². The molecule has 6 nitrogen and oxygen atoms in total. The van der Waals surface area contributed by atoms with Gasteiger partial charge in [0.05, 0.1) is 17.7 Å². The molecule has 2 aromatic heterocycles. The molecular weight excluding hydrogens is 360 g/mol. The largest absolute Gasteiger partial charge is 0.508 e. The van der Waals surface area contributed by atoms with E-state index < -0.39 is 0 Å². The average molecular weight is 382 g/mol. The summed E-state index contributed by atoms with van der Waals surface area (Å²) in [6.45, 7) is 3.93. The van der Waals surface area contributed by atoms with Gasteiger partial charge in [-0.05, 0) is 43.5 Å². The third kappa shape index (κ3) is 3.73. The first-order valence-electron chi connectivity index (χ1n) is 9.09. The number of amides is 1. The van der Waals surface area contributed by atoms with Crippen molar-refractivity contribution >= 4 is 17.2 Å². The number of phenolic OH excluding ortho intramolecular Hbond substituents is 1. The highest BCUT2D eigenvalue weighted by Gasteiger charge is 2.28. The topological polar surface area (TPSA) is 71.2 Å². The predicted molar refractivity (Wildman–Crippen MR) is 104 cm³/mol. The lowest BCUT2D eigenvalue weighted by Crippen LogP contribution is -2.39. The van der Waals surface area contributed by atoms with Gasteiger partial charge in [0.2, 0.25) is 0 Å². The fraction of sp³-hybridized carbons (Fsp3) is 0.350. The summed E-state index contributed by atoms with van der Waals surface area (Å²) in [5, 5.41) is 11.7. The number of aromatic nitrogens is 3. The molecule has 0 aliphatic carbocycles. The van der Waals surface area contributed by atoms with Crippen molar-refractivity contribution in [2.45, 2.75) is 32.2 Å². The summed E-state index contributed by atoms with van der Waals surface area (Å²) in [6, 6.07) is 5.03. The van der Waals surface area contributed by atoms with Crippen molar-refractivity contribution in [3.8, 4) is 5.75 Å². The molecule has 1 aromatic carbocycles. The Balaban J connectivity index is 1.51. The van der Waals surface area contributed by atoms with E-state index in [4.69, 9.17) is 0 Å². The first-order chi connectivity index (χ1) is 13.1. The maximum absolute atomic E-state index is 12.9. The molecule has 3 heterocycles. The quantitative estimate of drug-likeness (QED) is 0.750. The number of hydrogen-bond donors (Lipinski definition) is 1. The molecule has 0 radical (unpaired) electrons. The van der Waals surface area contributed by atoms with E-state index in [2.05, 4.69) is 14.5 Å². The first-order valence-corrected chi connectivity index (χ1v) is 10.0.